The van der Waals surface area contributed by atoms with Crippen molar-refractivity contribution in [1.82, 2.24) is 0 Å². The molecule has 27 heavy (non-hydrogen) atoms. The van der Waals surface area contributed by atoms with Crippen LogP contribution in [0.25, 0.3) is 6.08 Å². The lowest BCUT2D eigenvalue weighted by molar-refractivity contribution is -0.139. The second-order valence-electron chi connectivity index (χ2n) is 5.36. The maximum Gasteiger partial charge on any atom is 0.341 e. The van der Waals surface area contributed by atoms with Crippen LogP contribution in [-0.2, 0) is 9.59 Å². The minimum Gasteiger partial charge on any atom is -0.481 e. The molecule has 0 spiro atoms. The molecule has 0 saturated carbocycles. The van der Waals surface area contributed by atoms with Crippen LogP contribution in [0.15, 0.2) is 51.8 Å². The maximum atomic E-state index is 13.5. The Labute approximate surface area is 171 Å². The molecule has 0 atom stereocenters. The van der Waals surface area contributed by atoms with Gasteiger partial charge in [0.05, 0.1) is 10.6 Å². The summed E-state index contributed by atoms with van der Waals surface area (Å²) in [6.45, 7) is -0.507. The third-order valence-corrected chi connectivity index (χ3v) is 5.27. The van der Waals surface area contributed by atoms with Crippen LogP contribution in [0.1, 0.15) is 5.56 Å². The summed E-state index contributed by atoms with van der Waals surface area (Å²) < 4.78 is 19.8. The van der Waals surface area contributed by atoms with Crippen LogP contribution in [0.2, 0.25) is 0 Å². The lowest BCUT2D eigenvalue weighted by atomic mass is 10.2. The first-order chi connectivity index (χ1) is 12.8. The van der Waals surface area contributed by atoms with E-state index in [4.69, 9.17) is 22.1 Å². The molecule has 9 heteroatoms. The number of carboxylic acid groups (broad SMARTS) is 1. The normalized spacial score (nSPS) is 15.5. The summed E-state index contributed by atoms with van der Waals surface area (Å²) in [7, 11) is 0. The van der Waals surface area contributed by atoms with Gasteiger partial charge in [0.15, 0.2) is 10.9 Å². The predicted octanol–water partition coefficient (Wildman–Crippen LogP) is 4.46. The molecule has 2 aromatic carbocycles. The van der Waals surface area contributed by atoms with E-state index >= 15 is 0 Å². The van der Waals surface area contributed by atoms with E-state index in [2.05, 4.69) is 15.9 Å². The third-order valence-electron chi connectivity index (χ3n) is 3.47. The average molecular weight is 468 g/mol. The molecule has 3 rings (SSSR count). The Balaban J connectivity index is 1.94. The number of carbonyl (C=O) groups is 2. The predicted molar refractivity (Wildman–Crippen MR) is 109 cm³/mol. The molecule has 1 N–H and O–H groups in total. The van der Waals surface area contributed by atoms with E-state index in [9.17, 15) is 14.0 Å². The first kappa shape index (κ1) is 19.5. The van der Waals surface area contributed by atoms with Gasteiger partial charge in [-0.2, -0.15) is 0 Å². The van der Waals surface area contributed by atoms with Gasteiger partial charge in [-0.1, -0.05) is 46.0 Å². The van der Waals surface area contributed by atoms with Crippen LogP contribution in [0.5, 0.6) is 5.75 Å². The number of thioether (sulfide) groups is 1. The van der Waals surface area contributed by atoms with E-state index in [1.807, 2.05) is 0 Å². The summed E-state index contributed by atoms with van der Waals surface area (Å²) >= 11 is 9.68. The first-order valence-corrected chi connectivity index (χ1v) is 9.54. The number of hydrogen-bond donors (Lipinski definition) is 1. The second kappa shape index (κ2) is 8.20. The van der Waals surface area contributed by atoms with Crippen LogP contribution in [-0.4, -0.2) is 27.9 Å². The summed E-state index contributed by atoms with van der Waals surface area (Å²) in [6.07, 6.45) is 1.57. The summed E-state index contributed by atoms with van der Waals surface area (Å²) in [6, 6.07) is 10.6. The van der Waals surface area contributed by atoms with Crippen molar-refractivity contribution in [2.24, 2.45) is 0 Å². The lowest BCUT2D eigenvalue weighted by Crippen LogP contribution is -2.27. The smallest absolute Gasteiger partial charge is 0.341 e. The van der Waals surface area contributed by atoms with E-state index < -0.39 is 18.4 Å². The summed E-state index contributed by atoms with van der Waals surface area (Å²) in [4.78, 5) is 25.1. The standard InChI is InChI=1S/C18H11BrFNO4S2/c19-11-4-5-14(25-9-16(22)23)10(6-11)7-15-17(24)21(18(26)27-15)13-3-1-2-12(20)8-13/h1-8H,9H2,(H,22,23)/b15-7-. The van der Waals surface area contributed by atoms with Gasteiger partial charge >= 0.3 is 5.97 Å². The zero-order valence-corrected chi connectivity index (χ0v) is 16.7. The van der Waals surface area contributed by atoms with Crippen LogP contribution < -0.4 is 9.64 Å². The molecular formula is C18H11BrFNO4S2. The fraction of sp³-hybridized carbons (Fsp3) is 0.0556. The Hall–Kier alpha value is -2.23. The van der Waals surface area contributed by atoms with Crippen molar-refractivity contribution in [1.29, 1.82) is 0 Å². The molecule has 1 heterocycles. The Bertz CT molecular complexity index is 980. The van der Waals surface area contributed by atoms with Gasteiger partial charge in [-0.15, -0.1) is 0 Å². The molecule has 0 radical (unpaired) electrons. The molecule has 1 saturated heterocycles. The minimum absolute atomic E-state index is 0.278. The minimum atomic E-state index is -1.11. The zero-order valence-electron chi connectivity index (χ0n) is 13.5. The van der Waals surface area contributed by atoms with Gasteiger partial charge in [-0.05, 0) is 42.5 Å². The lowest BCUT2D eigenvalue weighted by Gasteiger charge is -2.14. The van der Waals surface area contributed by atoms with E-state index in [1.54, 1.807) is 30.3 Å². The molecule has 1 fully saturated rings. The SMILES string of the molecule is O=C(O)COc1ccc(Br)cc1/C=C1\SC(=S)N(c2cccc(F)c2)C1=O. The van der Waals surface area contributed by atoms with E-state index in [0.717, 1.165) is 16.2 Å². The average Bonchev–Trinajstić information content (AvgIpc) is 2.87. The number of carbonyl (C=O) groups excluding carboxylic acids is 1. The highest BCUT2D eigenvalue weighted by Crippen LogP contribution is 2.37. The summed E-state index contributed by atoms with van der Waals surface area (Å²) in [5.74, 6) is -1.65. The molecule has 0 unspecified atom stereocenters. The quantitative estimate of drug-likeness (QED) is 0.517. The van der Waals surface area contributed by atoms with Crippen molar-refractivity contribution in [3.8, 4) is 5.75 Å². The summed E-state index contributed by atoms with van der Waals surface area (Å²) in [5.41, 5.74) is 0.864. The van der Waals surface area contributed by atoms with Crippen molar-refractivity contribution >= 4 is 67.9 Å². The number of nitrogens with zero attached hydrogens (tertiary/aromatic N) is 1. The number of ether oxygens (including phenoxy) is 1. The van der Waals surface area contributed by atoms with E-state index in [-0.39, 0.29) is 10.2 Å². The number of rotatable bonds is 5. The molecule has 5 nitrogen and oxygen atoms in total. The van der Waals surface area contributed by atoms with Gasteiger partial charge in [-0.3, -0.25) is 9.69 Å². The zero-order chi connectivity index (χ0) is 19.6. The van der Waals surface area contributed by atoms with E-state index in [1.165, 1.54) is 23.1 Å². The number of hydrogen-bond acceptors (Lipinski definition) is 5. The molecule has 0 bridgehead atoms. The highest BCUT2D eigenvalue weighted by atomic mass is 79.9. The van der Waals surface area contributed by atoms with Crippen molar-refractivity contribution in [2.45, 2.75) is 0 Å². The maximum absolute atomic E-state index is 13.5. The number of thiocarbonyl (C=S) groups is 1. The van der Waals surface area contributed by atoms with Crippen LogP contribution in [0, 0.1) is 5.82 Å². The van der Waals surface area contributed by atoms with Crippen LogP contribution in [0.3, 0.4) is 0 Å². The molecule has 1 amide bonds. The van der Waals surface area contributed by atoms with Crippen LogP contribution >= 0.6 is 39.9 Å². The number of halogens is 2. The van der Waals surface area contributed by atoms with Gasteiger partial charge in [0.1, 0.15) is 11.6 Å². The molecule has 1 aliphatic heterocycles. The molecular weight excluding hydrogens is 457 g/mol. The number of carboxylic acids is 1. The van der Waals surface area contributed by atoms with Crippen molar-refractivity contribution in [2.75, 3.05) is 11.5 Å². The fourth-order valence-corrected chi connectivity index (χ4v) is 4.02. The van der Waals surface area contributed by atoms with Gasteiger partial charge in [0.25, 0.3) is 5.91 Å². The van der Waals surface area contributed by atoms with Crippen molar-refractivity contribution < 1.29 is 23.8 Å². The Kier molecular flexibility index (Phi) is 5.93. The van der Waals surface area contributed by atoms with Gasteiger partial charge < -0.3 is 9.84 Å². The molecule has 2 aromatic rings. The Morgan fingerprint density at radius 1 is 1.33 bits per heavy atom. The van der Waals surface area contributed by atoms with Gasteiger partial charge in [0, 0.05) is 10.0 Å². The first-order valence-electron chi connectivity index (χ1n) is 7.53. The number of anilines is 1. The monoisotopic (exact) mass is 467 g/mol. The second-order valence-corrected chi connectivity index (χ2v) is 7.95. The largest absolute Gasteiger partial charge is 0.481 e. The van der Waals surface area contributed by atoms with E-state index in [0.29, 0.717) is 21.9 Å². The van der Waals surface area contributed by atoms with Crippen molar-refractivity contribution in [3.05, 3.63) is 63.2 Å². The molecule has 0 aliphatic carbocycles. The third kappa shape index (κ3) is 4.55. The number of amides is 1. The Morgan fingerprint density at radius 3 is 2.81 bits per heavy atom. The number of aliphatic carboxylic acids is 1. The van der Waals surface area contributed by atoms with Crippen LogP contribution in [0.4, 0.5) is 10.1 Å². The van der Waals surface area contributed by atoms with Crippen molar-refractivity contribution in [3.63, 3.8) is 0 Å². The summed E-state index contributed by atoms with van der Waals surface area (Å²) in [5, 5.41) is 8.80. The highest BCUT2D eigenvalue weighted by Gasteiger charge is 2.33. The molecule has 0 aromatic heterocycles. The fourth-order valence-electron chi connectivity index (χ4n) is 2.35. The van der Waals surface area contributed by atoms with Gasteiger partial charge in [-0.25, -0.2) is 9.18 Å². The Morgan fingerprint density at radius 2 is 2.11 bits per heavy atom. The highest BCUT2D eigenvalue weighted by molar-refractivity contribution is 9.10. The molecule has 138 valence electrons. The number of benzene rings is 2. The topological polar surface area (TPSA) is 66.8 Å². The van der Waals surface area contributed by atoms with Gasteiger partial charge in [0.2, 0.25) is 0 Å². The molecule has 1 aliphatic rings.